The number of nitrogens with one attached hydrogen (secondary N) is 1. The molecule has 2 aromatic heterocycles. The van der Waals surface area contributed by atoms with Crippen molar-refractivity contribution in [3.05, 3.63) is 59.2 Å². The Balaban J connectivity index is 1.49. The predicted octanol–water partition coefficient (Wildman–Crippen LogP) is 3.76. The first kappa shape index (κ1) is 21.2. The highest BCUT2D eigenvalue weighted by molar-refractivity contribution is 9.10. The molecule has 1 saturated heterocycles. The number of aromatic nitrogens is 3. The number of carbonyl (C=O) groups excluding carboxylic acids is 2. The van der Waals surface area contributed by atoms with E-state index in [0.29, 0.717) is 24.7 Å². The standard InChI is InChI=1S/C22H22BrN5O3/c1-13(2)18(21-26-19(27-31-21)14-6-5-10-24-12-14)25-20(29)15-9-11-28(22(15)30)17-8-4-3-7-16(17)23/h3-8,10,12-13,15,18H,9,11H2,1-2H3,(H,25,29). The van der Waals surface area contributed by atoms with Gasteiger partial charge in [-0.05, 0) is 52.5 Å². The first-order valence-electron chi connectivity index (χ1n) is 10.1. The van der Waals surface area contributed by atoms with Gasteiger partial charge in [-0.1, -0.05) is 31.1 Å². The Bertz CT molecular complexity index is 1090. The van der Waals surface area contributed by atoms with Gasteiger partial charge in [0, 0.05) is 29.0 Å². The number of para-hydroxylation sites is 1. The second-order valence-electron chi connectivity index (χ2n) is 7.71. The molecule has 2 unspecified atom stereocenters. The molecular weight excluding hydrogens is 462 g/mol. The third-order valence-corrected chi connectivity index (χ3v) is 5.93. The number of pyridine rings is 1. The first-order valence-corrected chi connectivity index (χ1v) is 10.8. The SMILES string of the molecule is CC(C)C(NC(=O)C1CCN(c2ccccc2Br)C1=O)c1nc(-c2cccnc2)no1. The maximum Gasteiger partial charge on any atom is 0.249 e. The molecule has 0 bridgehead atoms. The van der Waals surface area contributed by atoms with E-state index < -0.39 is 12.0 Å². The van der Waals surface area contributed by atoms with Crippen LogP contribution in [0.5, 0.6) is 0 Å². The molecule has 1 fully saturated rings. The molecule has 160 valence electrons. The third-order valence-electron chi connectivity index (χ3n) is 5.26. The minimum Gasteiger partial charge on any atom is -0.343 e. The van der Waals surface area contributed by atoms with Gasteiger partial charge in [-0.3, -0.25) is 14.6 Å². The molecule has 0 aliphatic carbocycles. The Morgan fingerprint density at radius 2 is 2.06 bits per heavy atom. The van der Waals surface area contributed by atoms with E-state index in [-0.39, 0.29) is 17.7 Å². The number of carbonyl (C=O) groups is 2. The zero-order chi connectivity index (χ0) is 22.0. The Kier molecular flexibility index (Phi) is 6.13. The molecule has 1 aliphatic heterocycles. The highest BCUT2D eigenvalue weighted by Crippen LogP contribution is 2.32. The molecule has 1 N–H and O–H groups in total. The van der Waals surface area contributed by atoms with E-state index >= 15 is 0 Å². The number of halogens is 1. The lowest BCUT2D eigenvalue weighted by atomic mass is 10.0. The Morgan fingerprint density at radius 1 is 1.26 bits per heavy atom. The molecule has 2 atom stereocenters. The second kappa shape index (κ2) is 8.97. The van der Waals surface area contributed by atoms with E-state index in [0.717, 1.165) is 15.7 Å². The van der Waals surface area contributed by atoms with Crippen LogP contribution in [0.4, 0.5) is 5.69 Å². The Labute approximate surface area is 188 Å². The summed E-state index contributed by atoms with van der Waals surface area (Å²) in [5.74, 6) is -0.612. The molecule has 1 aromatic carbocycles. The molecular formula is C22H22BrN5O3. The summed E-state index contributed by atoms with van der Waals surface area (Å²) in [4.78, 5) is 36.1. The van der Waals surface area contributed by atoms with Gasteiger partial charge in [-0.15, -0.1) is 0 Å². The van der Waals surface area contributed by atoms with Crippen molar-refractivity contribution >= 4 is 33.4 Å². The maximum atomic E-state index is 13.0. The lowest BCUT2D eigenvalue weighted by molar-refractivity contribution is -0.133. The van der Waals surface area contributed by atoms with E-state index in [2.05, 4.69) is 36.4 Å². The molecule has 3 aromatic rings. The summed E-state index contributed by atoms with van der Waals surface area (Å²) in [7, 11) is 0. The van der Waals surface area contributed by atoms with E-state index in [9.17, 15) is 9.59 Å². The summed E-state index contributed by atoms with van der Waals surface area (Å²) in [5.41, 5.74) is 1.49. The highest BCUT2D eigenvalue weighted by Gasteiger charge is 2.39. The summed E-state index contributed by atoms with van der Waals surface area (Å²) in [6, 6.07) is 10.6. The minimum atomic E-state index is -0.755. The van der Waals surface area contributed by atoms with Gasteiger partial charge in [0.05, 0.1) is 5.69 Å². The van der Waals surface area contributed by atoms with Crippen molar-refractivity contribution in [2.24, 2.45) is 11.8 Å². The molecule has 0 saturated carbocycles. The number of hydrogen-bond donors (Lipinski definition) is 1. The largest absolute Gasteiger partial charge is 0.343 e. The summed E-state index contributed by atoms with van der Waals surface area (Å²) in [6.07, 6.45) is 3.75. The molecule has 0 radical (unpaired) electrons. The molecule has 0 spiro atoms. The predicted molar refractivity (Wildman–Crippen MR) is 118 cm³/mol. The zero-order valence-corrected chi connectivity index (χ0v) is 18.7. The van der Waals surface area contributed by atoms with Crippen LogP contribution in [-0.2, 0) is 9.59 Å². The van der Waals surface area contributed by atoms with Crippen LogP contribution >= 0.6 is 15.9 Å². The Hall–Kier alpha value is -3.07. The molecule has 9 heteroatoms. The lowest BCUT2D eigenvalue weighted by Crippen LogP contribution is -2.40. The van der Waals surface area contributed by atoms with Crippen molar-refractivity contribution < 1.29 is 14.1 Å². The van der Waals surface area contributed by atoms with Gasteiger partial charge in [0.25, 0.3) is 0 Å². The van der Waals surface area contributed by atoms with Gasteiger partial charge in [-0.2, -0.15) is 4.98 Å². The van der Waals surface area contributed by atoms with Crippen LogP contribution in [0.25, 0.3) is 11.4 Å². The number of nitrogens with zero attached hydrogens (tertiary/aromatic N) is 4. The van der Waals surface area contributed by atoms with Gasteiger partial charge < -0.3 is 14.7 Å². The van der Waals surface area contributed by atoms with E-state index in [1.807, 2.05) is 44.2 Å². The van der Waals surface area contributed by atoms with Gasteiger partial charge in [0.1, 0.15) is 12.0 Å². The summed E-state index contributed by atoms with van der Waals surface area (Å²) in [6.45, 7) is 4.38. The second-order valence-corrected chi connectivity index (χ2v) is 8.57. The molecule has 4 rings (SSSR count). The van der Waals surface area contributed by atoms with Gasteiger partial charge in [-0.25, -0.2) is 0 Å². The van der Waals surface area contributed by atoms with E-state index in [1.165, 1.54) is 0 Å². The normalized spacial score (nSPS) is 17.2. The smallest absolute Gasteiger partial charge is 0.249 e. The van der Waals surface area contributed by atoms with Crippen molar-refractivity contribution in [2.45, 2.75) is 26.3 Å². The van der Waals surface area contributed by atoms with Crippen molar-refractivity contribution in [2.75, 3.05) is 11.4 Å². The lowest BCUT2D eigenvalue weighted by Gasteiger charge is -2.21. The van der Waals surface area contributed by atoms with Crippen LogP contribution in [0.2, 0.25) is 0 Å². The minimum absolute atomic E-state index is 0.0120. The van der Waals surface area contributed by atoms with Crippen LogP contribution < -0.4 is 10.2 Å². The topological polar surface area (TPSA) is 101 Å². The third kappa shape index (κ3) is 4.36. The van der Waals surface area contributed by atoms with Crippen molar-refractivity contribution in [3.63, 3.8) is 0 Å². The number of benzene rings is 1. The molecule has 3 heterocycles. The average Bonchev–Trinajstić information content (AvgIpc) is 3.40. The molecule has 1 aliphatic rings. The fraction of sp³-hybridized carbons (Fsp3) is 0.318. The Morgan fingerprint density at radius 3 is 2.77 bits per heavy atom. The van der Waals surface area contributed by atoms with Crippen LogP contribution in [0.15, 0.2) is 57.8 Å². The monoisotopic (exact) mass is 483 g/mol. The van der Waals surface area contributed by atoms with Crippen LogP contribution in [0.3, 0.4) is 0 Å². The number of amides is 2. The van der Waals surface area contributed by atoms with Gasteiger partial charge in [0.2, 0.25) is 23.5 Å². The summed E-state index contributed by atoms with van der Waals surface area (Å²) < 4.78 is 6.25. The highest BCUT2D eigenvalue weighted by atomic mass is 79.9. The fourth-order valence-corrected chi connectivity index (χ4v) is 4.07. The van der Waals surface area contributed by atoms with Crippen LogP contribution in [0, 0.1) is 11.8 Å². The van der Waals surface area contributed by atoms with Crippen LogP contribution in [0.1, 0.15) is 32.2 Å². The zero-order valence-electron chi connectivity index (χ0n) is 17.2. The first-order chi connectivity index (χ1) is 15.0. The maximum absolute atomic E-state index is 13.0. The average molecular weight is 484 g/mol. The van der Waals surface area contributed by atoms with E-state index in [1.54, 1.807) is 23.4 Å². The molecule has 2 amide bonds. The van der Waals surface area contributed by atoms with E-state index in [4.69, 9.17) is 4.52 Å². The number of hydrogen-bond acceptors (Lipinski definition) is 6. The van der Waals surface area contributed by atoms with Crippen molar-refractivity contribution in [1.82, 2.24) is 20.4 Å². The number of anilines is 1. The summed E-state index contributed by atoms with van der Waals surface area (Å²) in [5, 5.41) is 6.96. The summed E-state index contributed by atoms with van der Waals surface area (Å²) >= 11 is 3.48. The van der Waals surface area contributed by atoms with Gasteiger partial charge >= 0.3 is 0 Å². The quantitative estimate of drug-likeness (QED) is 0.535. The molecule has 8 nitrogen and oxygen atoms in total. The van der Waals surface area contributed by atoms with Crippen molar-refractivity contribution in [1.29, 1.82) is 0 Å². The van der Waals surface area contributed by atoms with Crippen LogP contribution in [-0.4, -0.2) is 33.5 Å². The van der Waals surface area contributed by atoms with Gasteiger partial charge in [0.15, 0.2) is 0 Å². The van der Waals surface area contributed by atoms with Crippen molar-refractivity contribution in [3.8, 4) is 11.4 Å². The fourth-order valence-electron chi connectivity index (χ4n) is 3.57. The molecule has 31 heavy (non-hydrogen) atoms. The number of rotatable bonds is 6.